The van der Waals surface area contributed by atoms with E-state index in [2.05, 4.69) is 25.2 Å². The van der Waals surface area contributed by atoms with E-state index in [1.807, 2.05) is 47.9 Å². The Labute approximate surface area is 236 Å². The van der Waals surface area contributed by atoms with Crippen molar-refractivity contribution >= 4 is 35.2 Å². The van der Waals surface area contributed by atoms with Gasteiger partial charge in [0.05, 0.1) is 16.6 Å². The molecule has 4 heterocycles. The molecule has 0 aromatic heterocycles. The van der Waals surface area contributed by atoms with Crippen molar-refractivity contribution < 1.29 is 19.5 Å². The van der Waals surface area contributed by atoms with Crippen LogP contribution in [0.1, 0.15) is 50.2 Å². The lowest BCUT2D eigenvalue weighted by atomic mass is 9.78. The van der Waals surface area contributed by atoms with Gasteiger partial charge in [-0.1, -0.05) is 62.3 Å². The van der Waals surface area contributed by atoms with Crippen LogP contribution in [-0.2, 0) is 14.4 Å². The van der Waals surface area contributed by atoms with Crippen LogP contribution in [0.15, 0.2) is 42.5 Å². The summed E-state index contributed by atoms with van der Waals surface area (Å²) in [6, 6.07) is 5.39. The maximum Gasteiger partial charge on any atom is 0.251 e. The van der Waals surface area contributed by atoms with Crippen LogP contribution in [0.4, 0.5) is 5.69 Å². The Morgan fingerprint density at radius 1 is 0.949 bits per heavy atom. The summed E-state index contributed by atoms with van der Waals surface area (Å²) in [5, 5.41) is 9.05. The minimum Gasteiger partial charge on any atom is -0.396 e. The summed E-state index contributed by atoms with van der Waals surface area (Å²) in [6.07, 6.45) is 12.4. The number of benzene rings is 1. The van der Waals surface area contributed by atoms with Gasteiger partial charge in [-0.2, -0.15) is 0 Å². The molecule has 210 valence electrons. The highest BCUT2D eigenvalue weighted by molar-refractivity contribution is 8.02. The fourth-order valence-electron chi connectivity index (χ4n) is 7.08. The number of nitrogens with zero attached hydrogens (tertiary/aromatic N) is 3. The summed E-state index contributed by atoms with van der Waals surface area (Å²) in [7, 11) is 0. The SMILES string of the molecule is CCCN1CC=C[C@H]2S[C@]34C=CCN(c5c(C)cccc5C)C(=O)C3N(CCCCCCO)C(=O)[C@@H]4[C@H]2C1=O. The largest absolute Gasteiger partial charge is 0.396 e. The molecule has 7 nitrogen and oxygen atoms in total. The monoisotopic (exact) mass is 551 g/mol. The average Bonchev–Trinajstić information content (AvgIpc) is 3.22. The number of likely N-dealkylation sites (tertiary alicyclic amines) is 1. The van der Waals surface area contributed by atoms with Crippen molar-refractivity contribution in [3.8, 4) is 0 Å². The lowest BCUT2D eigenvalue weighted by molar-refractivity contribution is -0.142. The summed E-state index contributed by atoms with van der Waals surface area (Å²) >= 11 is 1.65. The van der Waals surface area contributed by atoms with Gasteiger partial charge >= 0.3 is 0 Å². The molecule has 1 N–H and O–H groups in total. The van der Waals surface area contributed by atoms with Crippen LogP contribution in [-0.4, -0.2) is 81.5 Å². The van der Waals surface area contributed by atoms with Gasteiger partial charge in [0.15, 0.2) is 0 Å². The molecule has 1 unspecified atom stereocenters. The number of carbonyl (C=O) groups is 3. The second kappa shape index (κ2) is 11.5. The maximum atomic E-state index is 14.6. The molecule has 0 saturated carbocycles. The third-order valence-corrected chi connectivity index (χ3v) is 10.5. The van der Waals surface area contributed by atoms with Gasteiger partial charge < -0.3 is 19.8 Å². The maximum absolute atomic E-state index is 14.6. The molecule has 0 radical (unpaired) electrons. The number of para-hydroxylation sites is 1. The molecule has 5 rings (SSSR count). The molecular weight excluding hydrogens is 510 g/mol. The van der Waals surface area contributed by atoms with Crippen molar-refractivity contribution in [1.29, 1.82) is 0 Å². The second-order valence-electron chi connectivity index (χ2n) is 11.3. The topological polar surface area (TPSA) is 81.2 Å². The normalized spacial score (nSPS) is 29.9. The van der Waals surface area contributed by atoms with Crippen LogP contribution < -0.4 is 4.90 Å². The van der Waals surface area contributed by atoms with Crippen LogP contribution in [0.25, 0.3) is 0 Å². The first kappa shape index (κ1) is 28.0. The van der Waals surface area contributed by atoms with Gasteiger partial charge in [-0.05, 0) is 44.2 Å². The first-order valence-corrected chi connectivity index (χ1v) is 15.3. The summed E-state index contributed by atoms with van der Waals surface area (Å²) in [6.45, 7) is 8.43. The molecule has 8 heteroatoms. The van der Waals surface area contributed by atoms with E-state index in [9.17, 15) is 19.5 Å². The molecule has 5 atom stereocenters. The standard InChI is InChI=1S/C31H41N3O4S/c1-4-16-32-17-10-14-23-24(28(32)36)25-29(37)34(18-7-5-6-8-20-35)27-30(38)33(19-11-15-31(25,27)39-23)26-21(2)12-9-13-22(26)3/h9-15,23-25,27,35H,4-8,16-20H2,1-3H3/t23-,24+,25+,27?,31+/m1/s1. The minimum atomic E-state index is -0.783. The van der Waals surface area contributed by atoms with Gasteiger partial charge in [0.1, 0.15) is 6.04 Å². The average molecular weight is 552 g/mol. The molecular formula is C31H41N3O4S. The Balaban J connectivity index is 1.56. The Bertz CT molecular complexity index is 1160. The molecule has 2 fully saturated rings. The van der Waals surface area contributed by atoms with Gasteiger partial charge in [0.2, 0.25) is 11.8 Å². The van der Waals surface area contributed by atoms with Crippen molar-refractivity contribution in [2.75, 3.05) is 37.7 Å². The number of amides is 3. The number of thioether (sulfide) groups is 1. The minimum absolute atomic E-state index is 0.0369. The zero-order chi connectivity index (χ0) is 27.7. The van der Waals surface area contributed by atoms with E-state index in [0.717, 1.165) is 48.9 Å². The van der Waals surface area contributed by atoms with Crippen LogP contribution >= 0.6 is 11.8 Å². The number of unbranched alkanes of at least 4 members (excludes halogenated alkanes) is 3. The van der Waals surface area contributed by atoms with E-state index in [1.54, 1.807) is 16.7 Å². The summed E-state index contributed by atoms with van der Waals surface area (Å²) in [5.74, 6) is -1.13. The zero-order valence-electron chi connectivity index (χ0n) is 23.3. The molecule has 4 aliphatic rings. The molecule has 1 aromatic rings. The Morgan fingerprint density at radius 3 is 2.41 bits per heavy atom. The number of hydrogen-bond acceptors (Lipinski definition) is 5. The van der Waals surface area contributed by atoms with E-state index in [-0.39, 0.29) is 29.6 Å². The highest BCUT2D eigenvalue weighted by Crippen LogP contribution is 2.61. The number of carbonyl (C=O) groups excluding carboxylic acids is 3. The third kappa shape index (κ3) is 4.73. The van der Waals surface area contributed by atoms with Gasteiger partial charge in [-0.3, -0.25) is 14.4 Å². The van der Waals surface area contributed by atoms with Gasteiger partial charge in [-0.25, -0.2) is 0 Å². The van der Waals surface area contributed by atoms with Crippen molar-refractivity contribution in [1.82, 2.24) is 9.80 Å². The highest BCUT2D eigenvalue weighted by Gasteiger charge is 2.71. The van der Waals surface area contributed by atoms with Crippen LogP contribution in [0, 0.1) is 25.7 Å². The predicted octanol–water partition coefficient (Wildman–Crippen LogP) is 3.86. The van der Waals surface area contributed by atoms with Crippen molar-refractivity contribution in [3.05, 3.63) is 53.6 Å². The van der Waals surface area contributed by atoms with E-state index >= 15 is 0 Å². The summed E-state index contributed by atoms with van der Waals surface area (Å²) in [4.78, 5) is 48.4. The third-order valence-electron chi connectivity index (χ3n) is 8.75. The fourth-order valence-corrected chi connectivity index (χ4v) is 9.09. The Morgan fingerprint density at radius 2 is 1.69 bits per heavy atom. The van der Waals surface area contributed by atoms with Crippen LogP contribution in [0.5, 0.6) is 0 Å². The lowest BCUT2D eigenvalue weighted by Crippen LogP contribution is -2.53. The van der Waals surface area contributed by atoms with E-state index < -0.39 is 22.6 Å². The van der Waals surface area contributed by atoms with E-state index in [4.69, 9.17) is 0 Å². The number of aryl methyl sites for hydroxylation is 2. The summed E-state index contributed by atoms with van der Waals surface area (Å²) < 4.78 is -0.783. The molecule has 3 amide bonds. The van der Waals surface area contributed by atoms with Crippen molar-refractivity contribution in [2.45, 2.75) is 68.9 Å². The molecule has 1 spiro atoms. The second-order valence-corrected chi connectivity index (χ2v) is 12.8. The smallest absolute Gasteiger partial charge is 0.251 e. The van der Waals surface area contributed by atoms with Crippen molar-refractivity contribution in [2.24, 2.45) is 11.8 Å². The number of hydrogen-bond donors (Lipinski definition) is 1. The highest BCUT2D eigenvalue weighted by atomic mass is 32.2. The predicted molar refractivity (Wildman–Crippen MR) is 156 cm³/mol. The molecule has 4 aliphatic heterocycles. The van der Waals surface area contributed by atoms with E-state index in [0.29, 0.717) is 26.2 Å². The molecule has 39 heavy (non-hydrogen) atoms. The number of aliphatic hydroxyl groups is 1. The molecule has 0 aliphatic carbocycles. The first-order valence-electron chi connectivity index (χ1n) is 14.5. The first-order chi connectivity index (χ1) is 18.9. The molecule has 1 aromatic carbocycles. The van der Waals surface area contributed by atoms with Crippen molar-refractivity contribution in [3.63, 3.8) is 0 Å². The molecule has 2 saturated heterocycles. The lowest BCUT2D eigenvalue weighted by Gasteiger charge is -2.36. The quantitative estimate of drug-likeness (QED) is 0.372. The van der Waals surface area contributed by atoms with E-state index in [1.165, 1.54) is 0 Å². The zero-order valence-corrected chi connectivity index (χ0v) is 24.2. The Kier molecular flexibility index (Phi) is 8.24. The number of rotatable bonds is 9. The van der Waals surface area contributed by atoms with Crippen LogP contribution in [0.3, 0.4) is 0 Å². The number of fused-ring (bicyclic) bond motifs is 2. The molecule has 0 bridgehead atoms. The van der Waals surface area contributed by atoms with Crippen LogP contribution in [0.2, 0.25) is 0 Å². The number of anilines is 1. The fraction of sp³-hybridized carbons (Fsp3) is 0.581. The van der Waals surface area contributed by atoms with Gasteiger partial charge in [0, 0.05) is 43.7 Å². The summed E-state index contributed by atoms with van der Waals surface area (Å²) in [5.41, 5.74) is 2.97. The Hall–Kier alpha value is -2.58. The van der Waals surface area contributed by atoms with Gasteiger partial charge in [0.25, 0.3) is 5.91 Å². The number of aliphatic hydroxyl groups excluding tert-OH is 1. The van der Waals surface area contributed by atoms with Gasteiger partial charge in [-0.15, -0.1) is 11.8 Å².